The van der Waals surface area contributed by atoms with E-state index in [1.54, 1.807) is 42.4 Å². The zero-order valence-corrected chi connectivity index (χ0v) is 19.4. The quantitative estimate of drug-likeness (QED) is 0.432. The Balaban J connectivity index is 2.35. The summed E-state index contributed by atoms with van der Waals surface area (Å²) in [6, 6.07) is 6.18. The first-order valence-corrected chi connectivity index (χ1v) is 11.3. The molecule has 1 aliphatic carbocycles. The summed E-state index contributed by atoms with van der Waals surface area (Å²) >= 11 is 6.22. The van der Waals surface area contributed by atoms with Gasteiger partial charge in [0.15, 0.2) is 0 Å². The second kappa shape index (κ2) is 13.4. The third-order valence-corrected chi connectivity index (χ3v) is 5.63. The van der Waals surface area contributed by atoms with Crippen molar-refractivity contribution in [3.8, 4) is 5.75 Å². The van der Waals surface area contributed by atoms with Gasteiger partial charge in [-0.05, 0) is 24.6 Å². The highest BCUT2D eigenvalue weighted by Gasteiger charge is 2.40. The molecule has 0 bridgehead atoms. The minimum Gasteiger partial charge on any atom is -0.482 e. The fraction of sp³-hybridized carbons (Fsp3) is 0.565. The average molecular weight is 469 g/mol. The Hall–Kier alpha value is -2.13. The normalized spacial score (nSPS) is 20.4. The number of hydrogen-bond donors (Lipinski definition) is 3. The molecular formula is C23H33ClN2O6. The molecule has 0 fully saturated rings. The Morgan fingerprint density at radius 3 is 2.72 bits per heavy atom. The minimum absolute atomic E-state index is 0.0995. The van der Waals surface area contributed by atoms with Gasteiger partial charge in [0.05, 0.1) is 24.3 Å². The first-order chi connectivity index (χ1) is 15.4. The number of aliphatic hydroxyl groups is 2. The summed E-state index contributed by atoms with van der Waals surface area (Å²) in [5, 5.41) is 23.2. The molecule has 0 heterocycles. The van der Waals surface area contributed by atoms with Crippen molar-refractivity contribution in [1.29, 1.82) is 0 Å². The fourth-order valence-electron chi connectivity index (χ4n) is 3.60. The molecule has 0 aromatic heterocycles. The van der Waals surface area contributed by atoms with E-state index in [4.69, 9.17) is 26.2 Å². The van der Waals surface area contributed by atoms with Gasteiger partial charge in [-0.15, -0.1) is 0 Å². The highest BCUT2D eigenvalue weighted by atomic mass is 35.5. The number of benzene rings is 1. The van der Waals surface area contributed by atoms with Crippen molar-refractivity contribution >= 4 is 23.4 Å². The van der Waals surface area contributed by atoms with Crippen molar-refractivity contribution < 1.29 is 29.3 Å². The zero-order chi connectivity index (χ0) is 23.5. The first-order valence-electron chi connectivity index (χ1n) is 10.9. The largest absolute Gasteiger partial charge is 0.482 e. The van der Waals surface area contributed by atoms with Crippen LogP contribution in [0.4, 0.5) is 0 Å². The summed E-state index contributed by atoms with van der Waals surface area (Å²) in [5.74, 6) is -0.121. The van der Waals surface area contributed by atoms with Gasteiger partial charge in [0, 0.05) is 38.6 Å². The lowest BCUT2D eigenvalue weighted by Crippen LogP contribution is -2.55. The number of nitrogens with one attached hydrogen (secondary N) is 1. The van der Waals surface area contributed by atoms with Crippen molar-refractivity contribution in [2.24, 2.45) is 0 Å². The van der Waals surface area contributed by atoms with E-state index in [0.717, 1.165) is 12.8 Å². The molecule has 3 atom stereocenters. The van der Waals surface area contributed by atoms with Gasteiger partial charge in [0.1, 0.15) is 18.0 Å². The number of methoxy groups -OCH3 is 1. The van der Waals surface area contributed by atoms with E-state index in [0.29, 0.717) is 29.4 Å². The number of rotatable bonds is 12. The maximum atomic E-state index is 13.0. The van der Waals surface area contributed by atoms with Gasteiger partial charge in [-0.3, -0.25) is 9.59 Å². The molecule has 32 heavy (non-hydrogen) atoms. The molecule has 0 spiro atoms. The van der Waals surface area contributed by atoms with Crippen LogP contribution in [0.3, 0.4) is 0 Å². The monoisotopic (exact) mass is 468 g/mol. The van der Waals surface area contributed by atoms with Gasteiger partial charge in [-0.1, -0.05) is 37.1 Å². The van der Waals surface area contributed by atoms with Crippen molar-refractivity contribution in [3.63, 3.8) is 0 Å². The van der Waals surface area contributed by atoms with Crippen LogP contribution in [0.2, 0.25) is 5.02 Å². The molecule has 1 unspecified atom stereocenters. The zero-order valence-electron chi connectivity index (χ0n) is 18.6. The van der Waals surface area contributed by atoms with Gasteiger partial charge in [0.2, 0.25) is 11.8 Å². The Kier molecular flexibility index (Phi) is 11.0. The van der Waals surface area contributed by atoms with Crippen LogP contribution in [0.15, 0.2) is 35.9 Å². The third-order valence-electron chi connectivity index (χ3n) is 5.32. The topological polar surface area (TPSA) is 108 Å². The van der Waals surface area contributed by atoms with Gasteiger partial charge in [-0.25, -0.2) is 0 Å². The molecule has 0 saturated carbocycles. The molecule has 0 aliphatic heterocycles. The lowest BCUT2D eigenvalue weighted by atomic mass is 9.88. The van der Waals surface area contributed by atoms with Crippen LogP contribution in [0.25, 0.3) is 0 Å². The predicted octanol–water partition coefficient (Wildman–Crippen LogP) is 1.92. The number of ether oxygens (including phenoxy) is 2. The summed E-state index contributed by atoms with van der Waals surface area (Å²) in [4.78, 5) is 27.2. The molecule has 8 nitrogen and oxygen atoms in total. The summed E-state index contributed by atoms with van der Waals surface area (Å²) in [5.41, 5.74) is 0.372. The summed E-state index contributed by atoms with van der Waals surface area (Å²) in [6.45, 7) is 2.49. The molecule has 2 rings (SSSR count). The Morgan fingerprint density at radius 1 is 1.31 bits per heavy atom. The van der Waals surface area contributed by atoms with Crippen LogP contribution < -0.4 is 10.1 Å². The Bertz CT molecular complexity index is 788. The van der Waals surface area contributed by atoms with Gasteiger partial charge in [0.25, 0.3) is 0 Å². The van der Waals surface area contributed by atoms with E-state index in [9.17, 15) is 14.7 Å². The molecule has 9 heteroatoms. The number of aliphatic hydroxyl groups excluding tert-OH is 2. The van der Waals surface area contributed by atoms with E-state index < -0.39 is 18.2 Å². The third kappa shape index (κ3) is 7.20. The maximum Gasteiger partial charge on any atom is 0.247 e. The number of carbonyl (C=O) groups excluding carboxylic acids is 2. The van der Waals surface area contributed by atoms with E-state index >= 15 is 0 Å². The van der Waals surface area contributed by atoms with Crippen LogP contribution in [0, 0.1) is 0 Å². The summed E-state index contributed by atoms with van der Waals surface area (Å²) in [7, 11) is 1.54. The standard InChI is InChI=1S/C23H33ClN2O6/c1-3-4-9-21(28)26(11-13-31-2)18-14-16(23(30)25-10-12-27)15-20(22(18)29)32-19-8-6-5-7-17(19)24/h5-8,15,18,20,22,27,29H,3-4,9-14H2,1-2H3,(H,25,30)/t18-,20+,22?/m1/s1. The molecule has 2 amide bonds. The van der Waals surface area contributed by atoms with E-state index in [2.05, 4.69) is 5.32 Å². The van der Waals surface area contributed by atoms with Crippen LogP contribution in [0.5, 0.6) is 5.75 Å². The molecule has 1 aromatic carbocycles. The Labute approximate surface area is 194 Å². The van der Waals surface area contributed by atoms with Crippen LogP contribution in [-0.4, -0.2) is 78.6 Å². The first kappa shape index (κ1) is 26.1. The number of carbonyl (C=O) groups is 2. The number of nitrogens with zero attached hydrogens (tertiary/aromatic N) is 1. The number of hydrogen-bond acceptors (Lipinski definition) is 6. The van der Waals surface area contributed by atoms with Crippen molar-refractivity contribution in [2.75, 3.05) is 33.4 Å². The molecule has 3 N–H and O–H groups in total. The molecule has 0 saturated heterocycles. The van der Waals surface area contributed by atoms with Gasteiger partial charge >= 0.3 is 0 Å². The summed E-state index contributed by atoms with van der Waals surface area (Å²) < 4.78 is 11.1. The van der Waals surface area contributed by atoms with Crippen molar-refractivity contribution in [1.82, 2.24) is 10.2 Å². The van der Waals surface area contributed by atoms with Crippen LogP contribution in [0.1, 0.15) is 32.6 Å². The molecule has 1 aromatic rings. The van der Waals surface area contributed by atoms with Gasteiger partial charge in [-0.2, -0.15) is 0 Å². The predicted molar refractivity (Wildman–Crippen MR) is 122 cm³/mol. The minimum atomic E-state index is -1.08. The summed E-state index contributed by atoms with van der Waals surface area (Å²) in [6.07, 6.45) is 1.67. The molecular weight excluding hydrogens is 436 g/mol. The Morgan fingerprint density at radius 2 is 2.06 bits per heavy atom. The second-order valence-electron chi connectivity index (χ2n) is 7.63. The lowest BCUT2D eigenvalue weighted by molar-refractivity contribution is -0.139. The van der Waals surface area contributed by atoms with Crippen LogP contribution >= 0.6 is 11.6 Å². The lowest BCUT2D eigenvalue weighted by Gasteiger charge is -2.40. The van der Waals surface area contributed by atoms with E-state index in [1.807, 2.05) is 6.92 Å². The average Bonchev–Trinajstić information content (AvgIpc) is 2.79. The molecule has 0 radical (unpaired) electrons. The number of amides is 2. The smallest absolute Gasteiger partial charge is 0.247 e. The van der Waals surface area contributed by atoms with E-state index in [-0.39, 0.29) is 37.9 Å². The van der Waals surface area contributed by atoms with Crippen LogP contribution in [-0.2, 0) is 14.3 Å². The van der Waals surface area contributed by atoms with Crippen molar-refractivity contribution in [2.45, 2.75) is 50.9 Å². The van der Waals surface area contributed by atoms with E-state index in [1.165, 1.54) is 0 Å². The molecule has 178 valence electrons. The number of para-hydroxylation sites is 1. The number of halogens is 1. The maximum absolute atomic E-state index is 13.0. The molecule has 1 aliphatic rings. The number of unbranched alkanes of at least 4 members (excludes halogenated alkanes) is 1. The second-order valence-corrected chi connectivity index (χ2v) is 8.04. The SMILES string of the molecule is CCCCC(=O)N(CCOC)[C@@H]1CC(C(=O)NCCO)=C[C@H](Oc2ccccc2Cl)C1O. The fourth-order valence-corrected chi connectivity index (χ4v) is 3.78. The van der Waals surface area contributed by atoms with Gasteiger partial charge < -0.3 is 29.9 Å². The highest BCUT2D eigenvalue weighted by Crippen LogP contribution is 2.31. The highest BCUT2D eigenvalue weighted by molar-refractivity contribution is 6.32. The van der Waals surface area contributed by atoms with Crippen molar-refractivity contribution in [3.05, 3.63) is 40.9 Å².